The number of benzene rings is 2. The minimum atomic E-state index is -0.691. The SMILES string of the molecule is CCOc1cc(C2N=C(NC#N)Nc3nc(N)c(C#N)c(N)c32)ccc1OCc1cccc(OC)c1. The smallest absolute Gasteiger partial charge is 0.211 e. The van der Waals surface area contributed by atoms with Gasteiger partial charge >= 0.3 is 0 Å². The van der Waals surface area contributed by atoms with Gasteiger partial charge in [0.2, 0.25) is 5.96 Å². The van der Waals surface area contributed by atoms with Crippen molar-refractivity contribution < 1.29 is 14.2 Å². The molecular weight excluding hydrogens is 460 g/mol. The molecule has 1 aliphatic heterocycles. The maximum Gasteiger partial charge on any atom is 0.211 e. The molecule has 0 amide bonds. The Morgan fingerprint density at radius 1 is 1.11 bits per heavy atom. The number of hydrogen-bond acceptors (Lipinski definition) is 11. The molecule has 6 N–H and O–H groups in total. The first-order valence-electron chi connectivity index (χ1n) is 11.0. The van der Waals surface area contributed by atoms with E-state index in [2.05, 4.69) is 20.6 Å². The van der Waals surface area contributed by atoms with Gasteiger partial charge < -0.3 is 31.0 Å². The highest BCUT2D eigenvalue weighted by molar-refractivity contribution is 5.98. The van der Waals surface area contributed by atoms with Gasteiger partial charge in [0.1, 0.15) is 41.7 Å². The van der Waals surface area contributed by atoms with Crippen molar-refractivity contribution in [2.45, 2.75) is 19.6 Å². The summed E-state index contributed by atoms with van der Waals surface area (Å²) in [5, 5.41) is 24.0. The number of methoxy groups -OCH3 is 1. The predicted octanol–water partition coefficient (Wildman–Crippen LogP) is 3.05. The van der Waals surface area contributed by atoms with Crippen LogP contribution in [0.2, 0.25) is 0 Å². The Kier molecular flexibility index (Phi) is 6.93. The van der Waals surface area contributed by atoms with Crippen molar-refractivity contribution in [3.05, 3.63) is 64.7 Å². The summed E-state index contributed by atoms with van der Waals surface area (Å²) in [6, 6.07) is 14.3. The monoisotopic (exact) mass is 484 g/mol. The number of nitrogens with one attached hydrogen (secondary N) is 2. The fourth-order valence-electron chi connectivity index (χ4n) is 3.83. The lowest BCUT2D eigenvalue weighted by Crippen LogP contribution is -2.32. The fourth-order valence-corrected chi connectivity index (χ4v) is 3.83. The maximum absolute atomic E-state index is 9.52. The summed E-state index contributed by atoms with van der Waals surface area (Å²) in [5.74, 6) is 2.24. The molecule has 0 radical (unpaired) electrons. The van der Waals surface area contributed by atoms with E-state index in [0.29, 0.717) is 41.7 Å². The molecule has 2 heterocycles. The van der Waals surface area contributed by atoms with Crippen molar-refractivity contribution in [3.8, 4) is 29.5 Å². The molecule has 1 aromatic heterocycles. The van der Waals surface area contributed by atoms with Gasteiger partial charge in [-0.1, -0.05) is 18.2 Å². The molecule has 0 aliphatic carbocycles. The quantitative estimate of drug-likeness (QED) is 0.288. The van der Waals surface area contributed by atoms with Crippen LogP contribution in [0.15, 0.2) is 47.5 Å². The van der Waals surface area contributed by atoms with Crippen LogP contribution < -0.4 is 36.3 Å². The molecule has 1 aliphatic rings. The summed E-state index contributed by atoms with van der Waals surface area (Å²) in [6.07, 6.45) is 1.83. The summed E-state index contributed by atoms with van der Waals surface area (Å²) >= 11 is 0. The van der Waals surface area contributed by atoms with Crippen molar-refractivity contribution in [1.82, 2.24) is 10.3 Å². The van der Waals surface area contributed by atoms with E-state index >= 15 is 0 Å². The minimum Gasteiger partial charge on any atom is -0.497 e. The molecule has 1 atom stereocenters. The average molecular weight is 485 g/mol. The fraction of sp³-hybridized carbons (Fsp3) is 0.200. The molecule has 0 saturated carbocycles. The van der Waals surface area contributed by atoms with Crippen LogP contribution in [0.5, 0.6) is 17.2 Å². The van der Waals surface area contributed by atoms with E-state index in [9.17, 15) is 5.26 Å². The highest BCUT2D eigenvalue weighted by Gasteiger charge is 2.30. The van der Waals surface area contributed by atoms with Crippen molar-refractivity contribution in [3.63, 3.8) is 0 Å². The number of nitrogen functional groups attached to an aromatic ring is 2. The molecule has 3 aromatic rings. The van der Waals surface area contributed by atoms with Crippen LogP contribution in [0.1, 0.15) is 35.2 Å². The Morgan fingerprint density at radius 3 is 2.67 bits per heavy atom. The van der Waals surface area contributed by atoms with E-state index in [1.807, 2.05) is 49.5 Å². The number of hydrogen-bond donors (Lipinski definition) is 4. The third-order valence-electron chi connectivity index (χ3n) is 5.47. The first-order valence-corrected chi connectivity index (χ1v) is 11.0. The Bertz CT molecular complexity index is 1410. The predicted molar refractivity (Wildman–Crippen MR) is 134 cm³/mol. The van der Waals surface area contributed by atoms with Gasteiger partial charge in [-0.15, -0.1) is 0 Å². The van der Waals surface area contributed by atoms with Gasteiger partial charge in [-0.3, -0.25) is 5.32 Å². The van der Waals surface area contributed by atoms with E-state index < -0.39 is 6.04 Å². The molecule has 0 spiro atoms. The van der Waals surface area contributed by atoms with Crippen LogP contribution >= 0.6 is 0 Å². The Morgan fingerprint density at radius 2 is 1.94 bits per heavy atom. The van der Waals surface area contributed by atoms with Crippen LogP contribution in [0.4, 0.5) is 17.3 Å². The number of nitriles is 2. The van der Waals surface area contributed by atoms with E-state index in [0.717, 1.165) is 11.3 Å². The highest BCUT2D eigenvalue weighted by Crippen LogP contribution is 2.42. The first kappa shape index (κ1) is 24.0. The van der Waals surface area contributed by atoms with E-state index in [1.165, 1.54) is 0 Å². The molecule has 2 aromatic carbocycles. The summed E-state index contributed by atoms with van der Waals surface area (Å²) in [7, 11) is 1.61. The van der Waals surface area contributed by atoms with Gasteiger partial charge in [-0.05, 0) is 42.3 Å². The number of nitrogens with two attached hydrogens (primary N) is 2. The summed E-state index contributed by atoms with van der Waals surface area (Å²) in [5.41, 5.74) is 14.6. The minimum absolute atomic E-state index is 0.0190. The second kappa shape index (κ2) is 10.4. The number of nitrogens with zero attached hydrogens (tertiary/aromatic N) is 4. The Balaban J connectivity index is 1.73. The van der Waals surface area contributed by atoms with Crippen molar-refractivity contribution in [2.75, 3.05) is 30.5 Å². The van der Waals surface area contributed by atoms with E-state index in [1.54, 1.807) is 19.2 Å². The van der Waals surface area contributed by atoms with Crippen molar-refractivity contribution >= 4 is 23.3 Å². The third kappa shape index (κ3) is 4.72. The number of rotatable bonds is 7. The van der Waals surface area contributed by atoms with Gasteiger partial charge in [-0.2, -0.15) is 10.5 Å². The third-order valence-corrected chi connectivity index (χ3v) is 5.47. The standard InChI is InChI=1S/C25H24N8O3/c1-3-35-19-10-15(7-8-18(19)36-12-14-5-4-6-16(9-14)34-2)22-20-21(28)17(11-26)23(29)32-24(20)33-25(31-22)30-13-27/h4-10,22H,3,12H2,1-2H3,(H6,28,29,30,31,32,33). The zero-order valence-corrected chi connectivity index (χ0v) is 19.7. The number of ether oxygens (including phenoxy) is 3. The molecule has 4 rings (SSSR count). The lowest BCUT2D eigenvalue weighted by atomic mass is 9.95. The summed E-state index contributed by atoms with van der Waals surface area (Å²) < 4.78 is 17.2. The Labute approximate surface area is 207 Å². The van der Waals surface area contributed by atoms with Crippen LogP contribution in [-0.4, -0.2) is 24.7 Å². The van der Waals surface area contributed by atoms with Gasteiger partial charge in [0, 0.05) is 5.56 Å². The maximum atomic E-state index is 9.52. The second-order valence-electron chi connectivity index (χ2n) is 7.68. The normalized spacial score (nSPS) is 13.8. The topological polar surface area (TPSA) is 177 Å². The number of guanidine groups is 1. The van der Waals surface area contributed by atoms with Crippen LogP contribution in [-0.2, 0) is 6.61 Å². The Hall–Kier alpha value is -5.16. The zero-order chi connectivity index (χ0) is 25.7. The van der Waals surface area contributed by atoms with Crippen molar-refractivity contribution in [2.24, 2.45) is 4.99 Å². The van der Waals surface area contributed by atoms with Crippen LogP contribution in [0.3, 0.4) is 0 Å². The van der Waals surface area contributed by atoms with Gasteiger partial charge in [0.25, 0.3) is 0 Å². The number of aliphatic imine (C=N–C) groups is 1. The van der Waals surface area contributed by atoms with E-state index in [4.69, 9.17) is 30.9 Å². The molecule has 11 heteroatoms. The zero-order valence-electron chi connectivity index (χ0n) is 19.7. The lowest BCUT2D eigenvalue weighted by Gasteiger charge is -2.26. The molecule has 0 saturated heterocycles. The largest absolute Gasteiger partial charge is 0.497 e. The first-order chi connectivity index (χ1) is 17.5. The van der Waals surface area contributed by atoms with Gasteiger partial charge in [-0.25, -0.2) is 9.98 Å². The number of aromatic nitrogens is 1. The molecule has 36 heavy (non-hydrogen) atoms. The molecule has 0 fully saturated rings. The molecular formula is C25H24N8O3. The second-order valence-corrected chi connectivity index (χ2v) is 7.68. The summed E-state index contributed by atoms with van der Waals surface area (Å²) in [6.45, 7) is 2.59. The molecule has 0 bridgehead atoms. The molecule has 182 valence electrons. The summed E-state index contributed by atoms with van der Waals surface area (Å²) in [4.78, 5) is 8.86. The highest BCUT2D eigenvalue weighted by atomic mass is 16.5. The average Bonchev–Trinajstić information content (AvgIpc) is 2.88. The number of fused-ring (bicyclic) bond motifs is 1. The van der Waals surface area contributed by atoms with E-state index in [-0.39, 0.29) is 23.0 Å². The van der Waals surface area contributed by atoms with Crippen molar-refractivity contribution in [1.29, 1.82) is 10.5 Å². The lowest BCUT2D eigenvalue weighted by molar-refractivity contribution is 0.268. The van der Waals surface area contributed by atoms with Crippen LogP contribution in [0.25, 0.3) is 0 Å². The van der Waals surface area contributed by atoms with Gasteiger partial charge in [0.05, 0.1) is 19.4 Å². The molecule has 1 unspecified atom stereocenters. The number of pyridine rings is 1. The number of anilines is 3. The molecule has 11 nitrogen and oxygen atoms in total. The van der Waals surface area contributed by atoms with Gasteiger partial charge in [0.15, 0.2) is 17.7 Å². The van der Waals surface area contributed by atoms with Crippen LogP contribution in [0, 0.1) is 22.8 Å².